The summed E-state index contributed by atoms with van der Waals surface area (Å²) in [4.78, 5) is 28.7. The van der Waals surface area contributed by atoms with Crippen molar-refractivity contribution < 1.29 is 48.0 Å². The maximum absolute atomic E-state index is 11.0. The molecule has 3 saturated carbocycles. The maximum atomic E-state index is 11.0. The molecule has 9 aromatic rings. The van der Waals surface area contributed by atoms with Crippen molar-refractivity contribution in [1.29, 1.82) is 10.5 Å². The predicted molar refractivity (Wildman–Crippen MR) is 386 cm³/mol. The number of nitrogens with zero attached hydrogens (tertiary/aromatic N) is 17. The van der Waals surface area contributed by atoms with Crippen LogP contribution in [0.2, 0.25) is 5.15 Å². The molecule has 12 rings (SSSR count). The highest BCUT2D eigenvalue weighted by Gasteiger charge is 2.38. The van der Waals surface area contributed by atoms with Crippen LogP contribution in [0.4, 0.5) is 11.6 Å². The average molecular weight is 1550 g/mol. The van der Waals surface area contributed by atoms with E-state index in [1.165, 1.54) is 42.6 Å². The molecule has 9 aromatic heterocycles. The summed E-state index contributed by atoms with van der Waals surface area (Å²) in [5, 5.41) is 110. The number of anilines is 2. The summed E-state index contributed by atoms with van der Waals surface area (Å²) >= 11 is 19.2. The molecule has 3 fully saturated rings. The van der Waals surface area contributed by atoms with Crippen molar-refractivity contribution in [3.05, 3.63) is 91.3 Å². The number of hydrogen-bond donors (Lipinski definition) is 11. The summed E-state index contributed by atoms with van der Waals surface area (Å²) < 4.78 is 50.0. The lowest BCUT2D eigenvalue weighted by molar-refractivity contribution is 0.0901. The molecule has 33 nitrogen and oxygen atoms in total. The summed E-state index contributed by atoms with van der Waals surface area (Å²) in [5.74, 6) is 7.70. The van der Waals surface area contributed by atoms with Crippen LogP contribution in [0, 0.1) is 64.6 Å². The van der Waals surface area contributed by atoms with Crippen LogP contribution in [0.1, 0.15) is 101 Å². The van der Waals surface area contributed by atoms with Gasteiger partial charge in [-0.25, -0.2) is 54.2 Å². The van der Waals surface area contributed by atoms with Crippen LogP contribution in [0.5, 0.6) is 0 Å². The zero-order valence-corrected chi connectivity index (χ0v) is 60.1. The second-order valence-corrected chi connectivity index (χ2v) is 28.6. The third-order valence-corrected chi connectivity index (χ3v) is 17.0. The third-order valence-electron chi connectivity index (χ3n) is 13.6. The second-order valence-electron chi connectivity index (χ2n) is 19.9. The smallest absolute Gasteiger partial charge is 0.333 e. The minimum Gasteiger partial charge on any atom is -0.396 e. The molecule has 9 unspecified atom stereocenters. The predicted octanol–water partition coefficient (Wildman–Crippen LogP) is 5.18. The molecule has 0 aliphatic heterocycles. The number of rotatable bonds is 15. The number of aromatic nitrogens is 15. The SMILES string of the molecule is C.C#CC#CC.CC#N.CC#N.N.NCc1cccs1.NS(=O)(=O)Cl.NS(=O)(=O)OCC1CC(n2nnc3c(NCc4cccs4)ncnc32)CC1O.OCC1CC(n2nnc3c(Cl)ncnc32)CC1O.OCC1CC(n2nnc3c(NCc4cccs4)ncnc32)CC1O.S=S=S.[HH]. The molecule has 0 bridgehead atoms. The second kappa shape index (κ2) is 45.6. The Hall–Kier alpha value is -7.02. The molecule has 534 valence electrons. The van der Waals surface area contributed by atoms with Crippen LogP contribution in [-0.2, 0) is 74.6 Å². The summed E-state index contributed by atoms with van der Waals surface area (Å²) in [5.41, 5.74) is 8.68. The zero-order chi connectivity index (χ0) is 70.8. The molecule has 0 saturated heterocycles. The Labute approximate surface area is 602 Å². The van der Waals surface area contributed by atoms with Gasteiger partial charge in [-0.3, -0.25) is 4.18 Å². The van der Waals surface area contributed by atoms with Gasteiger partial charge in [-0.2, -0.15) is 27.4 Å². The first-order valence-electron chi connectivity index (χ1n) is 28.1. The lowest BCUT2D eigenvalue weighted by Gasteiger charge is -2.12. The van der Waals surface area contributed by atoms with E-state index in [2.05, 4.69) is 138 Å². The molecule has 3 aliphatic rings. The first-order chi connectivity index (χ1) is 46.0. The van der Waals surface area contributed by atoms with Gasteiger partial charge in [-0.1, -0.05) is 58.8 Å². The number of halogens is 2. The highest BCUT2D eigenvalue weighted by molar-refractivity contribution is 8.37. The minimum absolute atomic E-state index is 0. The molecule has 0 aromatic carbocycles. The van der Waals surface area contributed by atoms with Gasteiger partial charge in [-0.05, 0) is 91.6 Å². The molecule has 43 heteroatoms. The lowest BCUT2D eigenvalue weighted by atomic mass is 10.1. The highest BCUT2D eigenvalue weighted by atomic mass is 35.7. The summed E-state index contributed by atoms with van der Waals surface area (Å²) in [7, 11) is -2.54. The van der Waals surface area contributed by atoms with Crippen molar-refractivity contribution in [2.75, 3.05) is 30.5 Å². The normalized spacial score (nSPS) is 19.2. The van der Waals surface area contributed by atoms with E-state index in [0.717, 1.165) is 13.8 Å². The van der Waals surface area contributed by atoms with Crippen LogP contribution >= 0.6 is 56.3 Å². The molecule has 98 heavy (non-hydrogen) atoms. The first-order valence-corrected chi connectivity index (χ1v) is 37.6. The number of fused-ring (bicyclic) bond motifs is 3. The van der Waals surface area contributed by atoms with Crippen molar-refractivity contribution >= 4 is 152 Å². The standard InChI is InChI=1S/C15H19N7O4S2.C15H18N6O2S.C10H12ClN5O2.C5H7NS.C5H4.2C2H3N.CH4.ClH2NO2S.H3N.S3.H2/c16-28(24,25)26-7-9-4-10(5-12(9)23)22-15-13(20-21-22)14(18-8-19-15)17-6-11-2-1-3-27-11;22-7-9-4-10(5-12(9)23)21-15-13(19-20-21)14(17-8-18-15)16-6-11-2-1-3-24-11;11-9-8-10(13-4-12-9)16(15-14-8)6-1-5(3-17)7(18)2-6;6-4-5-2-1-3-7-5;1-3-5-4-2;2*1-2-3;;1-5(2,3)4;;1-3-2;/h1-3,8-10,12,23H,4-7H2,(H2,16,24,25)(H,17,18,19);1-3,8-10,12,22-23H,4-7H2,(H,16,17,18);4-7,17-18H,1-3H2;1-3H,4,6H2;1H,2H3;2*1H3;1H4;(H2,2,3,4);1H3;;1H. The topological polar surface area (TPSA) is 533 Å². The van der Waals surface area contributed by atoms with Crippen molar-refractivity contribution in [1.82, 2.24) is 81.0 Å². The molecular formula is C55H77Cl2N23O10S8. The number of thiophene rings is 3. The van der Waals surface area contributed by atoms with Gasteiger partial charge < -0.3 is 48.1 Å². The van der Waals surface area contributed by atoms with Gasteiger partial charge in [0, 0.05) is 109 Å². The average Bonchev–Trinajstić information content (AvgIpc) is 1.66. The van der Waals surface area contributed by atoms with E-state index in [-0.39, 0.29) is 75.9 Å². The molecule has 16 N–H and O–H groups in total. The summed E-state index contributed by atoms with van der Waals surface area (Å²) in [6.45, 7) is 6.31. The highest BCUT2D eigenvalue weighted by Crippen LogP contribution is 2.39. The van der Waals surface area contributed by atoms with E-state index in [1.807, 2.05) is 46.5 Å². The molecule has 0 spiro atoms. The maximum Gasteiger partial charge on any atom is 0.333 e. The monoisotopic (exact) mass is 1550 g/mol. The van der Waals surface area contributed by atoms with E-state index in [9.17, 15) is 37.3 Å². The molecule has 0 radical (unpaired) electrons. The number of terminal acetylenes is 1. The van der Waals surface area contributed by atoms with Gasteiger partial charge >= 0.3 is 10.3 Å². The Bertz CT molecular complexity index is 4240. The third kappa shape index (κ3) is 28.7. The van der Waals surface area contributed by atoms with E-state index in [4.69, 9.17) is 44.5 Å². The van der Waals surface area contributed by atoms with Crippen LogP contribution in [0.15, 0.2) is 71.5 Å². The number of nitrogens with one attached hydrogen (secondary N) is 2. The summed E-state index contributed by atoms with van der Waals surface area (Å²) in [6.07, 6.45) is 10.5. The van der Waals surface area contributed by atoms with Gasteiger partial charge in [0.05, 0.1) is 68.3 Å². The minimum atomic E-state index is -4.05. The number of hydrogen-bond acceptors (Lipinski definition) is 33. The van der Waals surface area contributed by atoms with Gasteiger partial charge in [0.2, 0.25) is 0 Å². The number of aliphatic hydroxyl groups is 5. The van der Waals surface area contributed by atoms with Gasteiger partial charge in [-0.15, -0.1) is 55.7 Å². The quantitative estimate of drug-likeness (QED) is 0.0358. The molecular weight excluding hydrogens is 1470 g/mol. The van der Waals surface area contributed by atoms with E-state index in [0.29, 0.717) is 103 Å². The van der Waals surface area contributed by atoms with Crippen LogP contribution < -0.4 is 32.8 Å². The molecule has 9 heterocycles. The Balaban J connectivity index is 0.000000627. The fraction of sp³-hybridized carbons (Fsp3) is 0.455. The number of aliphatic hydroxyl groups excluding tert-OH is 5. The van der Waals surface area contributed by atoms with Gasteiger partial charge in [0.15, 0.2) is 50.3 Å². The number of nitriles is 2. The summed E-state index contributed by atoms with van der Waals surface area (Å²) in [6, 6.07) is 15.4. The Kier molecular flexibility index (Phi) is 40.5. The fourth-order valence-electron chi connectivity index (χ4n) is 9.51. The van der Waals surface area contributed by atoms with Gasteiger partial charge in [0.25, 0.3) is 9.24 Å². The van der Waals surface area contributed by atoms with Crippen molar-refractivity contribution in [2.45, 2.75) is 123 Å². The zero-order valence-electron chi connectivity index (χ0n) is 52.0. The van der Waals surface area contributed by atoms with Crippen LogP contribution in [0.3, 0.4) is 0 Å². The van der Waals surface area contributed by atoms with E-state index < -0.39 is 37.9 Å². The Morgan fingerprint density at radius 2 is 1.02 bits per heavy atom. The molecule has 0 amide bonds. The molecule has 9 atom stereocenters. The van der Waals surface area contributed by atoms with E-state index >= 15 is 0 Å². The Morgan fingerprint density at radius 1 is 0.673 bits per heavy atom. The Morgan fingerprint density at radius 3 is 1.33 bits per heavy atom. The van der Waals surface area contributed by atoms with Crippen LogP contribution in [-0.4, -0.2) is 155 Å². The lowest BCUT2D eigenvalue weighted by Crippen LogP contribution is -2.24. The van der Waals surface area contributed by atoms with Crippen molar-refractivity contribution in [3.63, 3.8) is 0 Å². The number of nitrogens with two attached hydrogens (primary N) is 3. The largest absolute Gasteiger partial charge is 0.396 e. The molecule has 3 aliphatic carbocycles. The van der Waals surface area contributed by atoms with Crippen LogP contribution in [0.25, 0.3) is 33.5 Å². The van der Waals surface area contributed by atoms with Crippen molar-refractivity contribution in [2.24, 2.45) is 33.8 Å². The van der Waals surface area contributed by atoms with Gasteiger partial charge in [0.1, 0.15) is 19.0 Å². The van der Waals surface area contributed by atoms with Crippen molar-refractivity contribution in [3.8, 4) is 36.3 Å². The fourth-order valence-corrected chi connectivity index (χ4v) is 11.9. The first kappa shape index (κ1) is 87.1. The van der Waals surface area contributed by atoms with E-state index in [1.54, 1.807) is 67.1 Å².